The van der Waals surface area contributed by atoms with E-state index in [1.165, 1.54) is 18.2 Å². The van der Waals surface area contributed by atoms with E-state index in [1.807, 2.05) is 7.05 Å². The molecule has 3 N–H and O–H groups in total. The summed E-state index contributed by atoms with van der Waals surface area (Å²) in [6.07, 6.45) is 0. The number of rotatable bonds is 6. The summed E-state index contributed by atoms with van der Waals surface area (Å²) in [5, 5.41) is 13.5. The van der Waals surface area contributed by atoms with Crippen LogP contribution in [0.4, 0.5) is 11.4 Å². The third-order valence-corrected chi connectivity index (χ3v) is 3.12. The zero-order chi connectivity index (χ0) is 15.3. The van der Waals surface area contributed by atoms with Gasteiger partial charge in [-0.05, 0) is 33.0 Å². The molecular formula is C13H20N4O3. The molecule has 0 radical (unpaired) electrons. The molecule has 110 valence electrons. The van der Waals surface area contributed by atoms with E-state index in [-0.39, 0.29) is 22.8 Å². The Labute approximate surface area is 117 Å². The predicted octanol–water partition coefficient (Wildman–Crippen LogP) is 1.25. The molecule has 20 heavy (non-hydrogen) atoms. The summed E-state index contributed by atoms with van der Waals surface area (Å²) in [4.78, 5) is 24.1. The number of amides is 1. The van der Waals surface area contributed by atoms with Crippen LogP contribution >= 0.6 is 0 Å². The van der Waals surface area contributed by atoms with E-state index >= 15 is 0 Å². The van der Waals surface area contributed by atoms with Gasteiger partial charge >= 0.3 is 0 Å². The average molecular weight is 280 g/mol. The number of likely N-dealkylation sites (N-methyl/N-ethyl adjacent to an activating group) is 1. The van der Waals surface area contributed by atoms with Crippen molar-refractivity contribution < 1.29 is 9.72 Å². The molecule has 1 rings (SSSR count). The quantitative estimate of drug-likeness (QED) is 0.464. The van der Waals surface area contributed by atoms with Crippen LogP contribution in [0.25, 0.3) is 0 Å². The third-order valence-electron chi connectivity index (χ3n) is 3.12. The van der Waals surface area contributed by atoms with E-state index in [4.69, 9.17) is 5.73 Å². The number of hydrogen-bond donors (Lipinski definition) is 2. The molecule has 0 fully saturated rings. The second-order valence-corrected chi connectivity index (χ2v) is 4.86. The molecule has 0 aromatic heterocycles. The summed E-state index contributed by atoms with van der Waals surface area (Å²) in [6, 6.07) is 4.43. The first kappa shape index (κ1) is 15.9. The second kappa shape index (κ2) is 6.85. The van der Waals surface area contributed by atoms with Gasteiger partial charge in [-0.15, -0.1) is 0 Å². The van der Waals surface area contributed by atoms with Gasteiger partial charge < -0.3 is 16.0 Å². The first-order chi connectivity index (χ1) is 9.32. The lowest BCUT2D eigenvalue weighted by molar-refractivity contribution is -0.383. The number of carbonyl (C=O) groups excluding carboxylic acids is 1. The van der Waals surface area contributed by atoms with Crippen LogP contribution in [0.5, 0.6) is 0 Å². The van der Waals surface area contributed by atoms with Gasteiger partial charge in [-0.2, -0.15) is 0 Å². The maximum atomic E-state index is 11.9. The van der Waals surface area contributed by atoms with Crippen molar-refractivity contribution in [3.63, 3.8) is 0 Å². The molecule has 0 saturated carbocycles. The monoisotopic (exact) mass is 280 g/mol. The predicted molar refractivity (Wildman–Crippen MR) is 77.6 cm³/mol. The number of benzene rings is 1. The van der Waals surface area contributed by atoms with Crippen LogP contribution in [0.2, 0.25) is 0 Å². The summed E-state index contributed by atoms with van der Waals surface area (Å²) in [5.41, 5.74) is 5.51. The molecule has 0 saturated heterocycles. The maximum Gasteiger partial charge on any atom is 0.292 e. The molecule has 7 nitrogen and oxygen atoms in total. The fourth-order valence-electron chi connectivity index (χ4n) is 1.55. The zero-order valence-electron chi connectivity index (χ0n) is 11.9. The van der Waals surface area contributed by atoms with Crippen LogP contribution in [0.1, 0.15) is 24.2 Å². The number of hydrogen-bond acceptors (Lipinski definition) is 5. The molecular weight excluding hydrogens is 260 g/mol. The highest BCUT2D eigenvalue weighted by Gasteiger charge is 2.15. The van der Waals surface area contributed by atoms with Gasteiger partial charge in [0, 0.05) is 30.8 Å². The first-order valence-corrected chi connectivity index (χ1v) is 6.35. The Hall–Kier alpha value is -2.15. The normalized spacial score (nSPS) is 10.8. The van der Waals surface area contributed by atoms with E-state index in [1.54, 1.807) is 0 Å². The molecule has 0 aliphatic heterocycles. The van der Waals surface area contributed by atoms with Crippen molar-refractivity contribution in [2.45, 2.75) is 19.9 Å². The van der Waals surface area contributed by atoms with Crippen LogP contribution in [0, 0.1) is 10.1 Å². The highest BCUT2D eigenvalue weighted by atomic mass is 16.6. The van der Waals surface area contributed by atoms with Crippen LogP contribution in [-0.4, -0.2) is 41.9 Å². The van der Waals surface area contributed by atoms with Gasteiger partial charge in [0.25, 0.3) is 11.6 Å². The molecule has 1 aromatic rings. The van der Waals surface area contributed by atoms with Crippen LogP contribution < -0.4 is 11.1 Å². The van der Waals surface area contributed by atoms with Crippen molar-refractivity contribution >= 4 is 17.3 Å². The average Bonchev–Trinajstić information content (AvgIpc) is 2.38. The molecule has 1 amide bonds. The fourth-order valence-corrected chi connectivity index (χ4v) is 1.55. The van der Waals surface area contributed by atoms with Crippen molar-refractivity contribution in [3.05, 3.63) is 33.9 Å². The zero-order valence-corrected chi connectivity index (χ0v) is 11.9. The summed E-state index contributed by atoms with van der Waals surface area (Å²) < 4.78 is 0. The van der Waals surface area contributed by atoms with E-state index < -0.39 is 4.92 Å². The van der Waals surface area contributed by atoms with Gasteiger partial charge in [-0.25, -0.2) is 0 Å². The number of anilines is 1. The summed E-state index contributed by atoms with van der Waals surface area (Å²) in [6.45, 7) is 5.31. The third kappa shape index (κ3) is 4.20. The summed E-state index contributed by atoms with van der Waals surface area (Å²) in [5.74, 6) is -0.342. The van der Waals surface area contributed by atoms with E-state index in [0.717, 1.165) is 0 Å². The molecule has 7 heteroatoms. The highest BCUT2D eigenvalue weighted by Crippen LogP contribution is 2.22. The van der Waals surface area contributed by atoms with Crippen molar-refractivity contribution in [1.29, 1.82) is 0 Å². The minimum atomic E-state index is -0.599. The van der Waals surface area contributed by atoms with Crippen molar-refractivity contribution in [3.8, 4) is 0 Å². The van der Waals surface area contributed by atoms with Gasteiger partial charge in [0.05, 0.1) is 4.92 Å². The lowest BCUT2D eigenvalue weighted by Crippen LogP contribution is -2.36. The SMILES string of the molecule is CC(C)N(C)CCNC(=O)c1ccc(N)c([N+](=O)[O-])c1. The molecule has 1 aromatic carbocycles. The number of nitrogen functional groups attached to an aromatic ring is 1. The standard InChI is InChI=1S/C13H20N4O3/c1-9(2)16(3)7-6-15-13(18)10-4-5-11(14)12(8-10)17(19)20/h4-5,8-9H,6-7,14H2,1-3H3,(H,15,18). The molecule has 0 unspecified atom stereocenters. The molecule has 0 bridgehead atoms. The van der Waals surface area contributed by atoms with Gasteiger partial charge in [-0.3, -0.25) is 14.9 Å². The number of nitro benzene ring substituents is 1. The Morgan fingerprint density at radius 1 is 1.50 bits per heavy atom. The van der Waals surface area contributed by atoms with Crippen LogP contribution in [0.3, 0.4) is 0 Å². The topological polar surface area (TPSA) is 102 Å². The first-order valence-electron chi connectivity index (χ1n) is 6.35. The Morgan fingerprint density at radius 2 is 2.15 bits per heavy atom. The molecule has 0 atom stereocenters. The number of nitro groups is 1. The van der Waals surface area contributed by atoms with Crippen LogP contribution in [0.15, 0.2) is 18.2 Å². The van der Waals surface area contributed by atoms with Crippen molar-refractivity contribution in [2.24, 2.45) is 0 Å². The minimum absolute atomic E-state index is 0.0473. The molecule has 0 aliphatic rings. The lowest BCUT2D eigenvalue weighted by Gasteiger charge is -2.20. The highest BCUT2D eigenvalue weighted by molar-refractivity contribution is 5.95. The Morgan fingerprint density at radius 3 is 2.70 bits per heavy atom. The fraction of sp³-hybridized carbons (Fsp3) is 0.462. The van der Waals surface area contributed by atoms with E-state index in [9.17, 15) is 14.9 Å². The Kier molecular flexibility index (Phi) is 5.45. The molecule has 0 spiro atoms. The number of nitrogens with two attached hydrogens (primary N) is 1. The van der Waals surface area contributed by atoms with Crippen LogP contribution in [-0.2, 0) is 0 Å². The summed E-state index contributed by atoms with van der Waals surface area (Å²) in [7, 11) is 1.96. The summed E-state index contributed by atoms with van der Waals surface area (Å²) >= 11 is 0. The maximum absolute atomic E-state index is 11.9. The lowest BCUT2D eigenvalue weighted by atomic mass is 10.1. The van der Waals surface area contributed by atoms with Gasteiger partial charge in [0.15, 0.2) is 0 Å². The number of carbonyl (C=O) groups is 1. The van der Waals surface area contributed by atoms with E-state index in [0.29, 0.717) is 19.1 Å². The van der Waals surface area contributed by atoms with Crippen molar-refractivity contribution in [1.82, 2.24) is 10.2 Å². The van der Waals surface area contributed by atoms with Crippen molar-refractivity contribution in [2.75, 3.05) is 25.9 Å². The molecule has 0 heterocycles. The smallest absolute Gasteiger partial charge is 0.292 e. The van der Waals surface area contributed by atoms with Gasteiger partial charge in [0.1, 0.15) is 5.69 Å². The Bertz CT molecular complexity index is 502. The van der Waals surface area contributed by atoms with Gasteiger partial charge in [0.2, 0.25) is 0 Å². The Balaban J connectivity index is 2.64. The largest absolute Gasteiger partial charge is 0.393 e. The second-order valence-electron chi connectivity index (χ2n) is 4.86. The minimum Gasteiger partial charge on any atom is -0.393 e. The number of nitrogens with zero attached hydrogens (tertiary/aromatic N) is 2. The number of nitrogens with one attached hydrogen (secondary N) is 1. The van der Waals surface area contributed by atoms with E-state index in [2.05, 4.69) is 24.1 Å². The molecule has 0 aliphatic carbocycles. The van der Waals surface area contributed by atoms with Gasteiger partial charge in [-0.1, -0.05) is 0 Å².